The highest BCUT2D eigenvalue weighted by molar-refractivity contribution is 6.54. The zero-order valence-corrected chi connectivity index (χ0v) is 14.4. The zero-order chi connectivity index (χ0) is 18.3. The zero-order valence-electron chi connectivity index (χ0n) is 14.4. The number of hydrazone groups is 1. The van der Waals surface area contributed by atoms with Crippen LogP contribution in [0.5, 0.6) is 11.5 Å². The predicted molar refractivity (Wildman–Crippen MR) is 95.6 cm³/mol. The summed E-state index contributed by atoms with van der Waals surface area (Å²) in [7, 11) is 0. The van der Waals surface area contributed by atoms with Crippen molar-refractivity contribution in [3.8, 4) is 11.5 Å². The SMILES string of the molecule is CC(C)N1C(=O)/C(=N\NC(=O)c2ccc3c(c2)OCO3)c2ccccc21. The van der Waals surface area contributed by atoms with Crippen LogP contribution in [0.15, 0.2) is 47.6 Å². The number of para-hydroxylation sites is 1. The van der Waals surface area contributed by atoms with Crippen LogP contribution in [0, 0.1) is 0 Å². The van der Waals surface area contributed by atoms with Crippen LogP contribution in [0.1, 0.15) is 29.8 Å². The Bertz CT molecular complexity index is 936. The van der Waals surface area contributed by atoms with Gasteiger partial charge >= 0.3 is 0 Å². The summed E-state index contributed by atoms with van der Waals surface area (Å²) in [4.78, 5) is 26.8. The van der Waals surface area contributed by atoms with Gasteiger partial charge in [0.1, 0.15) is 0 Å². The number of nitrogens with zero attached hydrogens (tertiary/aromatic N) is 2. The van der Waals surface area contributed by atoms with E-state index in [1.54, 1.807) is 23.1 Å². The van der Waals surface area contributed by atoms with Gasteiger partial charge in [-0.15, -0.1) is 0 Å². The van der Waals surface area contributed by atoms with Gasteiger partial charge in [0.25, 0.3) is 11.8 Å². The molecule has 2 amide bonds. The lowest BCUT2D eigenvalue weighted by Gasteiger charge is -2.20. The van der Waals surface area contributed by atoms with Gasteiger partial charge in [-0.3, -0.25) is 9.59 Å². The minimum atomic E-state index is -0.427. The summed E-state index contributed by atoms with van der Waals surface area (Å²) in [5.41, 5.74) is 4.57. The molecule has 2 aliphatic heterocycles. The van der Waals surface area contributed by atoms with Crippen LogP contribution >= 0.6 is 0 Å². The second-order valence-corrected chi connectivity index (χ2v) is 6.26. The van der Waals surface area contributed by atoms with Crippen LogP contribution in [-0.4, -0.2) is 30.4 Å². The lowest BCUT2D eigenvalue weighted by atomic mass is 10.1. The summed E-state index contributed by atoms with van der Waals surface area (Å²) < 4.78 is 10.5. The van der Waals surface area contributed by atoms with Gasteiger partial charge in [-0.1, -0.05) is 18.2 Å². The van der Waals surface area contributed by atoms with E-state index in [2.05, 4.69) is 10.5 Å². The molecular weight excluding hydrogens is 334 g/mol. The van der Waals surface area contributed by atoms with Gasteiger partial charge in [0.2, 0.25) is 6.79 Å². The Hall–Kier alpha value is -3.35. The smallest absolute Gasteiger partial charge is 0.279 e. The van der Waals surface area contributed by atoms with Crippen molar-refractivity contribution in [1.82, 2.24) is 5.43 Å². The maximum Gasteiger partial charge on any atom is 0.279 e. The first-order valence-corrected chi connectivity index (χ1v) is 8.27. The minimum Gasteiger partial charge on any atom is -0.454 e. The van der Waals surface area contributed by atoms with Gasteiger partial charge < -0.3 is 14.4 Å². The summed E-state index contributed by atoms with van der Waals surface area (Å²) in [5.74, 6) is 0.454. The van der Waals surface area contributed by atoms with E-state index in [0.29, 0.717) is 22.6 Å². The van der Waals surface area contributed by atoms with E-state index in [4.69, 9.17) is 9.47 Å². The largest absolute Gasteiger partial charge is 0.454 e. The summed E-state index contributed by atoms with van der Waals surface area (Å²) in [6, 6.07) is 12.3. The summed E-state index contributed by atoms with van der Waals surface area (Å²) in [6.45, 7) is 4.00. The molecule has 0 saturated heterocycles. The van der Waals surface area contributed by atoms with Crippen LogP contribution in [0.3, 0.4) is 0 Å². The molecular formula is C19H17N3O4. The number of fused-ring (bicyclic) bond motifs is 2. The molecule has 2 aromatic rings. The second-order valence-electron chi connectivity index (χ2n) is 6.26. The van der Waals surface area contributed by atoms with Crippen LogP contribution in [-0.2, 0) is 4.79 Å². The molecule has 0 bridgehead atoms. The van der Waals surface area contributed by atoms with E-state index in [1.165, 1.54) is 0 Å². The van der Waals surface area contributed by atoms with Crippen molar-refractivity contribution in [2.24, 2.45) is 5.10 Å². The molecule has 4 rings (SSSR count). The first-order chi connectivity index (χ1) is 12.6. The van der Waals surface area contributed by atoms with Gasteiger partial charge in [-0.25, -0.2) is 5.43 Å². The Labute approximate surface area is 150 Å². The fourth-order valence-electron chi connectivity index (χ4n) is 3.05. The second kappa shape index (κ2) is 6.18. The van der Waals surface area contributed by atoms with Crippen molar-refractivity contribution in [2.45, 2.75) is 19.9 Å². The van der Waals surface area contributed by atoms with Crippen LogP contribution < -0.4 is 19.8 Å². The molecule has 0 saturated carbocycles. The van der Waals surface area contributed by atoms with E-state index in [9.17, 15) is 9.59 Å². The normalized spacial score (nSPS) is 16.3. The summed E-state index contributed by atoms with van der Waals surface area (Å²) in [5, 5.41) is 4.10. The number of ether oxygens (including phenoxy) is 2. The maximum atomic E-state index is 12.7. The summed E-state index contributed by atoms with van der Waals surface area (Å²) >= 11 is 0. The lowest BCUT2D eigenvalue weighted by molar-refractivity contribution is -0.112. The minimum absolute atomic E-state index is 0.0130. The standard InChI is InChI=1S/C19H17N3O4/c1-11(2)22-14-6-4-3-5-13(14)17(19(22)24)20-21-18(23)12-7-8-15-16(9-12)26-10-25-15/h3-9,11H,10H2,1-2H3,(H,21,23)/b20-17-. The summed E-state index contributed by atoms with van der Waals surface area (Å²) in [6.07, 6.45) is 0. The Kier molecular flexibility index (Phi) is 3.84. The third-order valence-corrected chi connectivity index (χ3v) is 4.26. The highest BCUT2D eigenvalue weighted by atomic mass is 16.7. The number of benzene rings is 2. The number of anilines is 1. The quantitative estimate of drug-likeness (QED) is 0.861. The van der Waals surface area contributed by atoms with Crippen molar-refractivity contribution in [3.05, 3.63) is 53.6 Å². The van der Waals surface area contributed by atoms with Crippen molar-refractivity contribution in [1.29, 1.82) is 0 Å². The topological polar surface area (TPSA) is 80.2 Å². The molecule has 0 fully saturated rings. The Morgan fingerprint density at radius 1 is 1.15 bits per heavy atom. The van der Waals surface area contributed by atoms with Gasteiger partial charge in [0, 0.05) is 17.2 Å². The van der Waals surface area contributed by atoms with Gasteiger partial charge in [0.15, 0.2) is 17.2 Å². The first kappa shape index (κ1) is 16.1. The molecule has 26 heavy (non-hydrogen) atoms. The molecule has 0 radical (unpaired) electrons. The van der Waals surface area contributed by atoms with Gasteiger partial charge in [-0.2, -0.15) is 5.10 Å². The van der Waals surface area contributed by atoms with Gasteiger partial charge in [0.05, 0.1) is 5.69 Å². The molecule has 2 aliphatic rings. The number of rotatable bonds is 3. The molecule has 7 heteroatoms. The molecule has 0 spiro atoms. The van der Waals surface area contributed by atoms with E-state index < -0.39 is 5.91 Å². The fraction of sp³-hybridized carbons (Fsp3) is 0.211. The highest BCUT2D eigenvalue weighted by Crippen LogP contribution is 2.33. The number of amides is 2. The van der Waals surface area contributed by atoms with E-state index in [1.807, 2.05) is 38.1 Å². The van der Waals surface area contributed by atoms with Crippen molar-refractivity contribution >= 4 is 23.2 Å². The lowest BCUT2D eigenvalue weighted by Crippen LogP contribution is -2.36. The first-order valence-electron chi connectivity index (χ1n) is 8.27. The van der Waals surface area contributed by atoms with Gasteiger partial charge in [-0.05, 0) is 38.1 Å². The number of hydrogen-bond donors (Lipinski definition) is 1. The van der Waals surface area contributed by atoms with E-state index in [0.717, 1.165) is 5.69 Å². The van der Waals surface area contributed by atoms with Crippen molar-refractivity contribution < 1.29 is 19.1 Å². The number of carbonyl (C=O) groups excluding carboxylic acids is 2. The Morgan fingerprint density at radius 3 is 2.73 bits per heavy atom. The van der Waals surface area contributed by atoms with Crippen LogP contribution in [0.2, 0.25) is 0 Å². The van der Waals surface area contributed by atoms with Crippen LogP contribution in [0.25, 0.3) is 0 Å². The monoisotopic (exact) mass is 351 g/mol. The third-order valence-electron chi connectivity index (χ3n) is 4.26. The van der Waals surface area contributed by atoms with Crippen molar-refractivity contribution in [3.63, 3.8) is 0 Å². The molecule has 132 valence electrons. The number of nitrogens with one attached hydrogen (secondary N) is 1. The van der Waals surface area contributed by atoms with Crippen LogP contribution in [0.4, 0.5) is 5.69 Å². The third kappa shape index (κ3) is 2.57. The number of hydrogen-bond acceptors (Lipinski definition) is 5. The fourth-order valence-corrected chi connectivity index (χ4v) is 3.05. The molecule has 1 N–H and O–H groups in total. The maximum absolute atomic E-state index is 12.7. The molecule has 7 nitrogen and oxygen atoms in total. The number of carbonyl (C=O) groups is 2. The average molecular weight is 351 g/mol. The molecule has 0 aliphatic carbocycles. The molecule has 2 heterocycles. The molecule has 2 aromatic carbocycles. The van der Waals surface area contributed by atoms with Crippen molar-refractivity contribution in [2.75, 3.05) is 11.7 Å². The van der Waals surface area contributed by atoms with E-state index >= 15 is 0 Å². The highest BCUT2D eigenvalue weighted by Gasteiger charge is 2.35. The molecule has 0 atom stereocenters. The molecule has 0 unspecified atom stereocenters. The average Bonchev–Trinajstić information content (AvgIpc) is 3.20. The predicted octanol–water partition coefficient (Wildman–Crippen LogP) is 2.30. The van der Waals surface area contributed by atoms with E-state index in [-0.39, 0.29) is 24.5 Å². The Balaban J connectivity index is 1.60. The molecule has 0 aromatic heterocycles. The Morgan fingerprint density at radius 2 is 1.92 bits per heavy atom.